The fourth-order valence-corrected chi connectivity index (χ4v) is 2.13. The van der Waals surface area contributed by atoms with Gasteiger partial charge in [-0.3, -0.25) is 0 Å². The monoisotopic (exact) mass is 303 g/mol. The number of hydrogen-bond acceptors (Lipinski definition) is 5. The van der Waals surface area contributed by atoms with Gasteiger partial charge in [0.25, 0.3) is 0 Å². The number of urea groups is 1. The van der Waals surface area contributed by atoms with Crippen molar-refractivity contribution in [2.45, 2.75) is 19.4 Å². The highest BCUT2D eigenvalue weighted by Gasteiger charge is 2.25. The van der Waals surface area contributed by atoms with Crippen molar-refractivity contribution in [2.24, 2.45) is 0 Å². The van der Waals surface area contributed by atoms with E-state index in [2.05, 4.69) is 26.0 Å². The number of H-pyrrole nitrogens is 1. The number of amides is 2. The van der Waals surface area contributed by atoms with Gasteiger partial charge in [0.05, 0.1) is 11.7 Å². The van der Waals surface area contributed by atoms with Gasteiger partial charge in [0, 0.05) is 11.8 Å². The van der Waals surface area contributed by atoms with Crippen LogP contribution < -0.4 is 20.1 Å². The summed E-state index contributed by atoms with van der Waals surface area (Å²) in [6.45, 7) is 4.72. The molecular weight excluding hydrogens is 286 g/mol. The van der Waals surface area contributed by atoms with Gasteiger partial charge in [-0.25, -0.2) is 4.79 Å². The first-order chi connectivity index (χ1) is 10.5. The molecule has 0 saturated heterocycles. The van der Waals surface area contributed by atoms with Crippen LogP contribution >= 0.6 is 0 Å². The molecule has 0 spiro atoms. The zero-order chi connectivity index (χ0) is 15.6. The summed E-state index contributed by atoms with van der Waals surface area (Å²) in [7, 11) is 0. The quantitative estimate of drug-likeness (QED) is 0.800. The normalized spacial score (nSPS) is 13.5. The average molecular weight is 303 g/mol. The van der Waals surface area contributed by atoms with Crippen molar-refractivity contribution in [2.75, 3.05) is 18.5 Å². The molecule has 1 aliphatic heterocycles. The molecule has 0 atom stereocenters. The Morgan fingerprint density at radius 1 is 1.27 bits per heavy atom. The molecule has 2 heterocycles. The number of anilines is 1. The van der Waals surface area contributed by atoms with E-state index in [0.717, 1.165) is 0 Å². The highest BCUT2D eigenvalue weighted by Crippen LogP contribution is 2.32. The van der Waals surface area contributed by atoms with Crippen molar-refractivity contribution in [3.8, 4) is 11.5 Å². The number of nitrogens with zero attached hydrogens (tertiary/aromatic N) is 2. The molecule has 0 radical (unpaired) electrons. The van der Waals surface area contributed by atoms with Crippen molar-refractivity contribution in [1.29, 1.82) is 0 Å². The summed E-state index contributed by atoms with van der Waals surface area (Å²) in [6.07, 6.45) is 1.57. The Morgan fingerprint density at radius 3 is 2.77 bits per heavy atom. The van der Waals surface area contributed by atoms with Gasteiger partial charge in [-0.2, -0.15) is 15.4 Å². The van der Waals surface area contributed by atoms with E-state index in [0.29, 0.717) is 36.1 Å². The topological polar surface area (TPSA) is 101 Å². The van der Waals surface area contributed by atoms with E-state index < -0.39 is 5.54 Å². The second-order valence-electron chi connectivity index (χ2n) is 5.42. The lowest BCUT2D eigenvalue weighted by molar-refractivity contribution is 0.171. The zero-order valence-corrected chi connectivity index (χ0v) is 12.3. The molecule has 22 heavy (non-hydrogen) atoms. The van der Waals surface area contributed by atoms with Gasteiger partial charge in [-0.1, -0.05) is 0 Å². The molecule has 8 nitrogen and oxygen atoms in total. The maximum Gasteiger partial charge on any atom is 0.319 e. The number of nitrogens with one attached hydrogen (secondary N) is 3. The van der Waals surface area contributed by atoms with Gasteiger partial charge < -0.3 is 20.1 Å². The lowest BCUT2D eigenvalue weighted by Gasteiger charge is -2.24. The Morgan fingerprint density at radius 2 is 2.05 bits per heavy atom. The minimum absolute atomic E-state index is 0.343. The Balaban J connectivity index is 1.67. The number of carbonyl (C=O) groups excluding carboxylic acids is 1. The molecule has 1 aromatic carbocycles. The van der Waals surface area contributed by atoms with Crippen molar-refractivity contribution < 1.29 is 14.3 Å². The molecule has 0 aliphatic carbocycles. The van der Waals surface area contributed by atoms with Crippen molar-refractivity contribution in [3.63, 3.8) is 0 Å². The number of ether oxygens (including phenoxy) is 2. The summed E-state index contributed by atoms with van der Waals surface area (Å²) in [6, 6.07) is 4.92. The molecule has 0 unspecified atom stereocenters. The lowest BCUT2D eigenvalue weighted by Crippen LogP contribution is -2.43. The van der Waals surface area contributed by atoms with Gasteiger partial charge in [0.1, 0.15) is 18.9 Å². The van der Waals surface area contributed by atoms with Crippen LogP contribution in [-0.2, 0) is 5.54 Å². The van der Waals surface area contributed by atoms with E-state index in [1.54, 1.807) is 24.4 Å². The minimum Gasteiger partial charge on any atom is -0.486 e. The summed E-state index contributed by atoms with van der Waals surface area (Å²) in [5.41, 5.74) is 0.618. The summed E-state index contributed by atoms with van der Waals surface area (Å²) >= 11 is 0. The predicted molar refractivity (Wildman–Crippen MR) is 79.0 cm³/mol. The van der Waals surface area contributed by atoms with Crippen molar-refractivity contribution in [1.82, 2.24) is 20.7 Å². The van der Waals surface area contributed by atoms with Crippen molar-refractivity contribution >= 4 is 11.7 Å². The van der Waals surface area contributed by atoms with E-state index >= 15 is 0 Å². The average Bonchev–Trinajstić information content (AvgIpc) is 3.01. The number of fused-ring (bicyclic) bond motifs is 1. The Hall–Kier alpha value is -2.77. The first-order valence-electron chi connectivity index (χ1n) is 6.90. The van der Waals surface area contributed by atoms with Gasteiger partial charge in [-0.15, -0.1) is 0 Å². The highest BCUT2D eigenvalue weighted by atomic mass is 16.6. The number of aromatic amines is 1. The minimum atomic E-state index is -0.648. The number of rotatable bonds is 3. The fraction of sp³-hybridized carbons (Fsp3) is 0.357. The van der Waals surface area contributed by atoms with Crippen molar-refractivity contribution in [3.05, 3.63) is 30.1 Å². The maximum atomic E-state index is 12.1. The summed E-state index contributed by atoms with van der Waals surface area (Å²) < 4.78 is 10.9. The number of benzene rings is 1. The second kappa shape index (κ2) is 5.55. The molecule has 1 aliphatic rings. The zero-order valence-electron chi connectivity index (χ0n) is 12.3. The molecule has 116 valence electrons. The Bertz CT molecular complexity index is 669. The van der Waals surface area contributed by atoms with Crippen LogP contribution in [0.5, 0.6) is 11.5 Å². The molecular formula is C14H17N5O3. The van der Waals surface area contributed by atoms with E-state index in [1.807, 2.05) is 13.8 Å². The third-order valence-corrected chi connectivity index (χ3v) is 3.28. The lowest BCUT2D eigenvalue weighted by atomic mass is 10.0. The summed E-state index contributed by atoms with van der Waals surface area (Å²) in [4.78, 5) is 12.1. The van der Waals surface area contributed by atoms with Crippen LogP contribution in [0.3, 0.4) is 0 Å². The van der Waals surface area contributed by atoms with E-state index in [4.69, 9.17) is 9.47 Å². The molecule has 0 bridgehead atoms. The molecule has 0 saturated carbocycles. The molecule has 2 amide bonds. The number of hydrogen-bond donors (Lipinski definition) is 3. The van der Waals surface area contributed by atoms with Crippen LogP contribution in [-0.4, -0.2) is 34.7 Å². The molecule has 1 aromatic heterocycles. The SMILES string of the molecule is CC(C)(NC(=O)Nc1ccc2c(c1)OCCO2)c1cn[nH]n1. The molecule has 0 fully saturated rings. The van der Waals surface area contributed by atoms with Gasteiger partial charge >= 0.3 is 6.03 Å². The summed E-state index contributed by atoms with van der Waals surface area (Å²) in [5, 5.41) is 15.9. The van der Waals surface area contributed by atoms with Crippen LogP contribution in [0, 0.1) is 0 Å². The Labute approximate surface area is 127 Å². The first kappa shape index (κ1) is 14.2. The van der Waals surface area contributed by atoms with Crippen LogP contribution in [0.25, 0.3) is 0 Å². The molecule has 3 rings (SSSR count). The molecule has 8 heteroatoms. The van der Waals surface area contributed by atoms with E-state index in [9.17, 15) is 4.79 Å². The standard InChI is InChI=1S/C14H17N5O3/c1-14(2,12-8-15-19-18-12)17-13(20)16-9-3-4-10-11(7-9)22-6-5-21-10/h3-4,7-8H,5-6H2,1-2H3,(H,15,18,19)(H2,16,17,20). The van der Waals surface area contributed by atoms with Crippen LogP contribution in [0.1, 0.15) is 19.5 Å². The second-order valence-corrected chi connectivity index (χ2v) is 5.42. The Kier molecular flexibility index (Phi) is 3.58. The molecule has 3 N–H and O–H groups in total. The fourth-order valence-electron chi connectivity index (χ4n) is 2.13. The third-order valence-electron chi connectivity index (χ3n) is 3.28. The third kappa shape index (κ3) is 2.95. The summed E-state index contributed by atoms with van der Waals surface area (Å²) in [5.74, 6) is 1.31. The van der Waals surface area contributed by atoms with Crippen LogP contribution in [0.4, 0.5) is 10.5 Å². The predicted octanol–water partition coefficient (Wildman–Crippen LogP) is 1.63. The number of carbonyl (C=O) groups is 1. The smallest absolute Gasteiger partial charge is 0.319 e. The van der Waals surface area contributed by atoms with Crippen LogP contribution in [0.2, 0.25) is 0 Å². The van der Waals surface area contributed by atoms with Gasteiger partial charge in [-0.05, 0) is 26.0 Å². The van der Waals surface area contributed by atoms with Gasteiger partial charge in [0.15, 0.2) is 11.5 Å². The van der Waals surface area contributed by atoms with Gasteiger partial charge in [0.2, 0.25) is 0 Å². The first-order valence-corrected chi connectivity index (χ1v) is 6.90. The highest BCUT2D eigenvalue weighted by molar-refractivity contribution is 5.90. The molecule has 2 aromatic rings. The number of aromatic nitrogens is 3. The van der Waals surface area contributed by atoms with E-state index in [1.165, 1.54) is 0 Å². The largest absolute Gasteiger partial charge is 0.486 e. The maximum absolute atomic E-state index is 12.1. The van der Waals surface area contributed by atoms with Crippen LogP contribution in [0.15, 0.2) is 24.4 Å². The van der Waals surface area contributed by atoms with E-state index in [-0.39, 0.29) is 6.03 Å².